The maximum absolute atomic E-state index is 13.4. The highest BCUT2D eigenvalue weighted by Crippen LogP contribution is 2.31. The Morgan fingerprint density at radius 2 is 1.70 bits per heavy atom. The van der Waals surface area contributed by atoms with Crippen molar-refractivity contribution in [1.29, 1.82) is 0 Å². The number of imidazole rings is 1. The Bertz CT molecular complexity index is 1360. The fourth-order valence-electron chi connectivity index (χ4n) is 2.99. The van der Waals surface area contributed by atoms with E-state index in [0.717, 1.165) is 0 Å². The summed E-state index contributed by atoms with van der Waals surface area (Å²) in [5.41, 5.74) is 1.67. The number of halogens is 1. The molecule has 0 amide bonds. The molecule has 4 rings (SSSR count). The largest absolute Gasteiger partial charge is 0.478 e. The molecule has 30 heavy (non-hydrogen) atoms. The highest BCUT2D eigenvalue weighted by atomic mass is 35.5. The minimum atomic E-state index is -3.95. The molecule has 0 saturated carbocycles. The number of benzene rings is 3. The van der Waals surface area contributed by atoms with Gasteiger partial charge in [0.25, 0.3) is 0 Å². The molecule has 1 aromatic heterocycles. The lowest BCUT2D eigenvalue weighted by Gasteiger charge is -2.09. The van der Waals surface area contributed by atoms with Crippen LogP contribution in [0.3, 0.4) is 0 Å². The number of aromatic carboxylic acids is 1. The number of carbonyl (C=O) groups is 1. The maximum Gasteiger partial charge on any atom is 0.335 e. The quantitative estimate of drug-likeness (QED) is 0.462. The molecular weight excluding hydrogens is 424 g/mol. The molecule has 1 heterocycles. The van der Waals surface area contributed by atoms with Crippen LogP contribution in [0, 0.1) is 0 Å². The lowest BCUT2D eigenvalue weighted by molar-refractivity contribution is 0.0697. The number of hydrogen-bond acceptors (Lipinski definition) is 4. The smallest absolute Gasteiger partial charge is 0.335 e. The number of fused-ring (bicyclic) bond motifs is 1. The summed E-state index contributed by atoms with van der Waals surface area (Å²) in [6.07, 6.45) is 1.40. The Kier molecular flexibility index (Phi) is 5.15. The molecule has 0 aliphatic heterocycles. The van der Waals surface area contributed by atoms with Crippen molar-refractivity contribution in [2.75, 3.05) is 0 Å². The third kappa shape index (κ3) is 3.72. The van der Waals surface area contributed by atoms with Crippen LogP contribution in [0.25, 0.3) is 22.0 Å². The molecule has 0 atom stereocenters. The van der Waals surface area contributed by atoms with Gasteiger partial charge < -0.3 is 10.1 Å². The van der Waals surface area contributed by atoms with Crippen LogP contribution in [0.5, 0.6) is 0 Å². The van der Waals surface area contributed by atoms with Crippen LogP contribution in [0.1, 0.15) is 21.7 Å². The summed E-state index contributed by atoms with van der Waals surface area (Å²) in [6, 6.07) is 19.3. The normalized spacial score (nSPS) is 12.2. The minimum absolute atomic E-state index is 0.00773. The van der Waals surface area contributed by atoms with E-state index in [1.807, 2.05) is 12.1 Å². The summed E-state index contributed by atoms with van der Waals surface area (Å²) in [5.74, 6) is -0.958. The molecule has 8 heteroatoms. The van der Waals surface area contributed by atoms with Crippen molar-refractivity contribution in [3.63, 3.8) is 0 Å². The standard InChI is InChI=1S/C22H15ClN2O4S/c23-17-12-15(22(26)27)11-10-14(17)13-20(30(28,29)16-6-2-1-3-7-16)21-24-18-8-4-5-9-19(18)25-21/h1-13H,(H,24,25)(H,26,27). The van der Waals surface area contributed by atoms with Gasteiger partial charge in [-0.05, 0) is 48.0 Å². The van der Waals surface area contributed by atoms with Gasteiger partial charge in [-0.3, -0.25) is 0 Å². The molecule has 150 valence electrons. The van der Waals surface area contributed by atoms with Gasteiger partial charge in [-0.1, -0.05) is 48.0 Å². The Morgan fingerprint density at radius 3 is 2.37 bits per heavy atom. The molecule has 2 N–H and O–H groups in total. The van der Waals surface area contributed by atoms with Crippen LogP contribution >= 0.6 is 11.6 Å². The highest BCUT2D eigenvalue weighted by molar-refractivity contribution is 8.00. The van der Waals surface area contributed by atoms with Gasteiger partial charge in [0.1, 0.15) is 10.7 Å². The van der Waals surface area contributed by atoms with E-state index in [1.165, 1.54) is 36.4 Å². The first-order valence-electron chi connectivity index (χ1n) is 8.86. The van der Waals surface area contributed by atoms with E-state index in [1.54, 1.807) is 30.3 Å². The fourth-order valence-corrected chi connectivity index (χ4v) is 4.63. The number of carboxylic acids is 1. The number of para-hydroxylation sites is 2. The number of carboxylic acid groups (broad SMARTS) is 1. The molecule has 0 spiro atoms. The third-order valence-corrected chi connectivity index (χ3v) is 6.61. The summed E-state index contributed by atoms with van der Waals surface area (Å²) >= 11 is 6.25. The summed E-state index contributed by atoms with van der Waals surface area (Å²) in [4.78, 5) is 18.7. The van der Waals surface area contributed by atoms with Gasteiger partial charge in [0.2, 0.25) is 9.84 Å². The number of hydrogen-bond donors (Lipinski definition) is 2. The molecule has 0 fully saturated rings. The monoisotopic (exact) mass is 438 g/mol. The van der Waals surface area contributed by atoms with Gasteiger partial charge in [-0.15, -0.1) is 0 Å². The number of nitrogens with zero attached hydrogens (tertiary/aromatic N) is 1. The van der Waals surface area contributed by atoms with Gasteiger partial charge in [0.15, 0.2) is 0 Å². The van der Waals surface area contributed by atoms with Crippen LogP contribution in [0.2, 0.25) is 5.02 Å². The molecule has 4 aromatic rings. The highest BCUT2D eigenvalue weighted by Gasteiger charge is 2.25. The van der Waals surface area contributed by atoms with Crippen LogP contribution in [-0.4, -0.2) is 29.5 Å². The SMILES string of the molecule is O=C(O)c1ccc(C=C(c2nc3ccccc3[nH]2)S(=O)(=O)c2ccccc2)c(Cl)c1. The van der Waals surface area contributed by atoms with E-state index in [0.29, 0.717) is 16.6 Å². The van der Waals surface area contributed by atoms with Gasteiger partial charge >= 0.3 is 5.97 Å². The predicted molar refractivity (Wildman–Crippen MR) is 116 cm³/mol. The van der Waals surface area contributed by atoms with Crippen LogP contribution in [-0.2, 0) is 9.84 Å². The number of aromatic nitrogens is 2. The van der Waals surface area contributed by atoms with E-state index in [2.05, 4.69) is 9.97 Å². The number of sulfone groups is 1. The van der Waals surface area contributed by atoms with E-state index >= 15 is 0 Å². The number of aromatic amines is 1. The van der Waals surface area contributed by atoms with Crippen molar-refractivity contribution < 1.29 is 18.3 Å². The second kappa shape index (κ2) is 7.78. The van der Waals surface area contributed by atoms with E-state index in [-0.39, 0.29) is 26.2 Å². The average molecular weight is 439 g/mol. The van der Waals surface area contributed by atoms with Gasteiger partial charge in [0.05, 0.1) is 21.5 Å². The Balaban J connectivity index is 1.94. The molecular formula is C22H15ClN2O4S. The first kappa shape index (κ1) is 19.9. The van der Waals surface area contributed by atoms with Crippen molar-refractivity contribution in [2.24, 2.45) is 0 Å². The van der Waals surface area contributed by atoms with E-state index < -0.39 is 15.8 Å². The molecule has 0 aliphatic rings. The molecule has 0 bridgehead atoms. The first-order valence-corrected chi connectivity index (χ1v) is 10.7. The maximum atomic E-state index is 13.4. The Morgan fingerprint density at radius 1 is 1.00 bits per heavy atom. The molecule has 3 aromatic carbocycles. The molecule has 0 unspecified atom stereocenters. The van der Waals surface area contributed by atoms with Crippen molar-refractivity contribution in [2.45, 2.75) is 4.90 Å². The van der Waals surface area contributed by atoms with Crippen molar-refractivity contribution >= 4 is 49.4 Å². The van der Waals surface area contributed by atoms with Crippen molar-refractivity contribution in [3.8, 4) is 0 Å². The number of H-pyrrole nitrogens is 1. The molecule has 6 nitrogen and oxygen atoms in total. The Labute approximate surface area is 177 Å². The zero-order valence-corrected chi connectivity index (χ0v) is 17.0. The third-order valence-electron chi connectivity index (χ3n) is 4.50. The van der Waals surface area contributed by atoms with E-state index in [9.17, 15) is 13.2 Å². The first-order chi connectivity index (χ1) is 14.4. The zero-order chi connectivity index (χ0) is 21.3. The summed E-state index contributed by atoms with van der Waals surface area (Å²) in [6.45, 7) is 0. The summed E-state index contributed by atoms with van der Waals surface area (Å²) in [5, 5.41) is 9.25. The minimum Gasteiger partial charge on any atom is -0.478 e. The predicted octanol–water partition coefficient (Wildman–Crippen LogP) is 4.89. The fraction of sp³-hybridized carbons (Fsp3) is 0. The molecule has 0 saturated heterocycles. The average Bonchev–Trinajstić information content (AvgIpc) is 3.16. The summed E-state index contributed by atoms with van der Waals surface area (Å²) in [7, 11) is -3.95. The second-order valence-corrected chi connectivity index (χ2v) is 8.79. The van der Waals surface area contributed by atoms with Gasteiger partial charge in [-0.2, -0.15) is 0 Å². The van der Waals surface area contributed by atoms with Crippen LogP contribution < -0.4 is 0 Å². The summed E-state index contributed by atoms with van der Waals surface area (Å²) < 4.78 is 26.9. The lowest BCUT2D eigenvalue weighted by atomic mass is 10.1. The number of rotatable bonds is 5. The van der Waals surface area contributed by atoms with Crippen molar-refractivity contribution in [3.05, 3.63) is 94.8 Å². The van der Waals surface area contributed by atoms with Crippen molar-refractivity contribution in [1.82, 2.24) is 9.97 Å². The van der Waals surface area contributed by atoms with Gasteiger partial charge in [-0.25, -0.2) is 18.2 Å². The number of nitrogens with one attached hydrogen (secondary N) is 1. The Hall–Kier alpha value is -3.42. The van der Waals surface area contributed by atoms with Crippen LogP contribution in [0.15, 0.2) is 77.7 Å². The molecule has 0 aliphatic carbocycles. The second-order valence-electron chi connectivity index (χ2n) is 6.47. The zero-order valence-electron chi connectivity index (χ0n) is 15.4. The molecule has 0 radical (unpaired) electrons. The lowest BCUT2D eigenvalue weighted by Crippen LogP contribution is -2.06. The van der Waals surface area contributed by atoms with Crippen LogP contribution in [0.4, 0.5) is 0 Å². The topological polar surface area (TPSA) is 100 Å². The van der Waals surface area contributed by atoms with Gasteiger partial charge in [0, 0.05) is 5.02 Å². The van der Waals surface area contributed by atoms with E-state index in [4.69, 9.17) is 16.7 Å².